The number of carbonyl (C=O) groups excluding carboxylic acids is 1. The molecule has 0 saturated heterocycles. The predicted molar refractivity (Wildman–Crippen MR) is 54.8 cm³/mol. The third kappa shape index (κ3) is 2.02. The van der Waals surface area contributed by atoms with Gasteiger partial charge in [0, 0.05) is 6.04 Å². The van der Waals surface area contributed by atoms with Crippen molar-refractivity contribution in [3.8, 4) is 5.75 Å². The van der Waals surface area contributed by atoms with Gasteiger partial charge in [-0.15, -0.1) is 0 Å². The predicted octanol–water partition coefficient (Wildman–Crippen LogP) is 0.879. The Balaban J connectivity index is 3.34. The lowest BCUT2D eigenvalue weighted by atomic mass is 10.0. The molecule has 0 aliphatic carbocycles. The van der Waals surface area contributed by atoms with Gasteiger partial charge in [0.25, 0.3) is 0 Å². The van der Waals surface area contributed by atoms with Gasteiger partial charge in [-0.05, 0) is 20.8 Å². The van der Waals surface area contributed by atoms with E-state index < -0.39 is 5.60 Å². The molecule has 1 aromatic heterocycles. The monoisotopic (exact) mass is 212 g/mol. The van der Waals surface area contributed by atoms with Crippen LogP contribution in [0, 0.1) is 0 Å². The van der Waals surface area contributed by atoms with Crippen LogP contribution in [0.5, 0.6) is 5.75 Å². The minimum atomic E-state index is -1.58. The van der Waals surface area contributed by atoms with E-state index in [2.05, 4.69) is 5.10 Å². The first-order valence-electron chi connectivity index (χ1n) is 4.74. The molecule has 15 heavy (non-hydrogen) atoms. The van der Waals surface area contributed by atoms with Crippen LogP contribution in [-0.4, -0.2) is 28.3 Å². The zero-order valence-electron chi connectivity index (χ0n) is 9.39. The Morgan fingerprint density at radius 1 is 1.67 bits per heavy atom. The summed E-state index contributed by atoms with van der Waals surface area (Å²) < 4.78 is 6.64. The molecule has 0 amide bonds. The number of carbonyl (C=O) groups is 1. The van der Waals surface area contributed by atoms with Crippen molar-refractivity contribution in [2.45, 2.75) is 32.4 Å². The van der Waals surface area contributed by atoms with Crippen LogP contribution in [-0.2, 0) is 10.4 Å². The zero-order valence-corrected chi connectivity index (χ0v) is 9.39. The Labute approximate surface area is 88.7 Å². The summed E-state index contributed by atoms with van der Waals surface area (Å²) in [6, 6.07) is 0.0512. The first kappa shape index (κ1) is 11.7. The molecule has 1 unspecified atom stereocenters. The number of hydrogen-bond donors (Lipinski definition) is 1. The van der Waals surface area contributed by atoms with E-state index in [0.717, 1.165) is 0 Å². The molecule has 0 spiro atoms. The van der Waals surface area contributed by atoms with Gasteiger partial charge in [0.1, 0.15) is 5.69 Å². The quantitative estimate of drug-likeness (QED) is 0.752. The van der Waals surface area contributed by atoms with E-state index in [4.69, 9.17) is 4.74 Å². The maximum atomic E-state index is 10.8. The van der Waals surface area contributed by atoms with Crippen molar-refractivity contribution in [3.05, 3.63) is 11.9 Å². The van der Waals surface area contributed by atoms with Crippen molar-refractivity contribution in [1.82, 2.24) is 9.78 Å². The molecule has 1 heterocycles. The normalized spacial score (nSPS) is 15.1. The van der Waals surface area contributed by atoms with E-state index in [1.54, 1.807) is 4.68 Å². The molecule has 0 aromatic carbocycles. The maximum Gasteiger partial charge on any atom is 0.163 e. The zero-order chi connectivity index (χ0) is 11.6. The third-order valence-corrected chi connectivity index (χ3v) is 2.18. The number of methoxy groups -OCH3 is 1. The van der Waals surface area contributed by atoms with Crippen molar-refractivity contribution in [2.24, 2.45) is 0 Å². The minimum absolute atomic E-state index is 0.0512. The third-order valence-electron chi connectivity index (χ3n) is 2.18. The number of aromatic nitrogens is 2. The fourth-order valence-corrected chi connectivity index (χ4v) is 1.42. The van der Waals surface area contributed by atoms with E-state index in [0.29, 0.717) is 17.7 Å². The Morgan fingerprint density at radius 2 is 2.27 bits per heavy atom. The van der Waals surface area contributed by atoms with E-state index in [-0.39, 0.29) is 6.04 Å². The van der Waals surface area contributed by atoms with Gasteiger partial charge in [0.15, 0.2) is 17.6 Å². The largest absolute Gasteiger partial charge is 0.493 e. The van der Waals surface area contributed by atoms with Gasteiger partial charge >= 0.3 is 0 Å². The van der Waals surface area contributed by atoms with Gasteiger partial charge in [-0.3, -0.25) is 9.48 Å². The molecule has 1 aromatic rings. The molecular formula is C10H16N2O3. The molecule has 0 radical (unpaired) electrons. The first-order chi connectivity index (χ1) is 6.94. The molecular weight excluding hydrogens is 196 g/mol. The smallest absolute Gasteiger partial charge is 0.163 e. The van der Waals surface area contributed by atoms with Crippen molar-refractivity contribution in [2.75, 3.05) is 7.11 Å². The summed E-state index contributed by atoms with van der Waals surface area (Å²) in [5.41, 5.74) is -1.19. The Morgan fingerprint density at radius 3 is 2.67 bits per heavy atom. The summed E-state index contributed by atoms with van der Waals surface area (Å²) in [6.07, 6.45) is 1.97. The highest BCUT2D eigenvalue weighted by Crippen LogP contribution is 2.30. The van der Waals surface area contributed by atoms with Crippen LogP contribution in [0.25, 0.3) is 0 Å². The topological polar surface area (TPSA) is 64.3 Å². The van der Waals surface area contributed by atoms with Crippen LogP contribution in [0.15, 0.2) is 6.20 Å². The van der Waals surface area contributed by atoms with Crippen LogP contribution >= 0.6 is 0 Å². The summed E-state index contributed by atoms with van der Waals surface area (Å²) in [4.78, 5) is 10.8. The fourth-order valence-electron chi connectivity index (χ4n) is 1.42. The number of aliphatic hydroxyl groups is 1. The number of aldehydes is 1. The first-order valence-corrected chi connectivity index (χ1v) is 4.74. The average Bonchev–Trinajstić information content (AvgIpc) is 2.61. The van der Waals surface area contributed by atoms with Gasteiger partial charge < -0.3 is 9.84 Å². The van der Waals surface area contributed by atoms with Gasteiger partial charge in [0.05, 0.1) is 13.3 Å². The lowest BCUT2D eigenvalue weighted by molar-refractivity contribution is -0.124. The molecule has 0 saturated carbocycles. The minimum Gasteiger partial charge on any atom is -0.493 e. The standard InChI is InChI=1S/C10H16N2O3/c1-7(2)12-9(10(3,14)6-13)8(15-4)5-11-12/h5-7,14H,1-4H3. The molecule has 84 valence electrons. The van der Waals surface area contributed by atoms with Crippen LogP contribution in [0.1, 0.15) is 32.5 Å². The van der Waals surface area contributed by atoms with Crippen LogP contribution in [0.2, 0.25) is 0 Å². The molecule has 1 atom stereocenters. The van der Waals surface area contributed by atoms with Gasteiger partial charge in [-0.2, -0.15) is 5.10 Å². The van der Waals surface area contributed by atoms with Gasteiger partial charge in [-0.1, -0.05) is 0 Å². The van der Waals surface area contributed by atoms with Crippen molar-refractivity contribution in [1.29, 1.82) is 0 Å². The van der Waals surface area contributed by atoms with E-state index in [1.165, 1.54) is 20.2 Å². The second-order valence-corrected chi connectivity index (χ2v) is 3.87. The molecule has 1 rings (SSSR count). The van der Waals surface area contributed by atoms with Crippen molar-refractivity contribution >= 4 is 6.29 Å². The molecule has 5 heteroatoms. The van der Waals surface area contributed by atoms with Crippen LogP contribution < -0.4 is 4.74 Å². The highest BCUT2D eigenvalue weighted by atomic mass is 16.5. The summed E-state index contributed by atoms with van der Waals surface area (Å²) in [5.74, 6) is 0.417. The van der Waals surface area contributed by atoms with Gasteiger partial charge in [-0.25, -0.2) is 0 Å². The molecule has 0 fully saturated rings. The van der Waals surface area contributed by atoms with Crippen LogP contribution in [0.4, 0.5) is 0 Å². The van der Waals surface area contributed by atoms with E-state index >= 15 is 0 Å². The Bertz CT molecular complexity index is 356. The second kappa shape index (κ2) is 4.02. The fraction of sp³-hybridized carbons (Fsp3) is 0.600. The number of hydrogen-bond acceptors (Lipinski definition) is 4. The Kier molecular flexibility index (Phi) is 3.14. The SMILES string of the molecule is COc1cnn(C(C)C)c1C(C)(O)C=O. The molecule has 0 aliphatic heterocycles. The molecule has 0 aliphatic rings. The van der Waals surface area contributed by atoms with E-state index in [9.17, 15) is 9.90 Å². The summed E-state index contributed by atoms with van der Waals surface area (Å²) in [7, 11) is 1.48. The highest BCUT2D eigenvalue weighted by Gasteiger charge is 2.31. The summed E-state index contributed by atoms with van der Waals surface area (Å²) in [6.45, 7) is 5.24. The average molecular weight is 212 g/mol. The highest BCUT2D eigenvalue weighted by molar-refractivity contribution is 5.65. The second-order valence-electron chi connectivity index (χ2n) is 3.87. The number of nitrogens with zero attached hydrogens (tertiary/aromatic N) is 2. The summed E-state index contributed by atoms with van der Waals surface area (Å²) >= 11 is 0. The maximum absolute atomic E-state index is 10.8. The van der Waals surface area contributed by atoms with Crippen molar-refractivity contribution in [3.63, 3.8) is 0 Å². The summed E-state index contributed by atoms with van der Waals surface area (Å²) in [5, 5.41) is 14.0. The lowest BCUT2D eigenvalue weighted by Gasteiger charge is -2.20. The lowest BCUT2D eigenvalue weighted by Crippen LogP contribution is -2.28. The molecule has 5 nitrogen and oxygen atoms in total. The Hall–Kier alpha value is -1.36. The number of rotatable bonds is 4. The molecule has 0 bridgehead atoms. The molecule has 1 N–H and O–H groups in total. The van der Waals surface area contributed by atoms with E-state index in [1.807, 2.05) is 13.8 Å². The van der Waals surface area contributed by atoms with Crippen LogP contribution in [0.3, 0.4) is 0 Å². The van der Waals surface area contributed by atoms with Gasteiger partial charge in [0.2, 0.25) is 0 Å². The number of ether oxygens (including phenoxy) is 1. The van der Waals surface area contributed by atoms with Crippen molar-refractivity contribution < 1.29 is 14.6 Å².